The van der Waals surface area contributed by atoms with Gasteiger partial charge in [-0.2, -0.15) is 0 Å². The highest BCUT2D eigenvalue weighted by Gasteiger charge is 2.09. The lowest BCUT2D eigenvalue weighted by Gasteiger charge is -2.17. The molecule has 3 nitrogen and oxygen atoms in total. The lowest BCUT2D eigenvalue weighted by molar-refractivity contribution is 0.882. The first kappa shape index (κ1) is 12.5. The zero-order valence-corrected chi connectivity index (χ0v) is 10.9. The van der Waals surface area contributed by atoms with Crippen LogP contribution in [-0.2, 0) is 0 Å². The van der Waals surface area contributed by atoms with Crippen molar-refractivity contribution in [3.05, 3.63) is 59.9 Å². The molecule has 0 radical (unpaired) electrons. The van der Waals surface area contributed by atoms with Gasteiger partial charge < -0.3 is 11.1 Å². The Balaban J connectivity index is 2.22. The zero-order valence-electron chi connectivity index (χ0n) is 10.1. The third-order valence-corrected chi connectivity index (χ3v) is 2.98. The Labute approximate surface area is 112 Å². The summed E-state index contributed by atoms with van der Waals surface area (Å²) in [6.07, 6.45) is 3.43. The molecular formula is C14H15N3S. The summed E-state index contributed by atoms with van der Waals surface area (Å²) in [6.45, 7) is 2.09. The fourth-order valence-electron chi connectivity index (χ4n) is 1.78. The highest BCUT2D eigenvalue weighted by atomic mass is 32.1. The second kappa shape index (κ2) is 5.60. The molecule has 0 amide bonds. The second-order valence-corrected chi connectivity index (χ2v) is 4.50. The monoisotopic (exact) mass is 257 g/mol. The summed E-state index contributed by atoms with van der Waals surface area (Å²) in [5.74, 6) is 0. The Morgan fingerprint density at radius 3 is 2.67 bits per heavy atom. The van der Waals surface area contributed by atoms with Gasteiger partial charge in [-0.25, -0.2) is 0 Å². The molecule has 2 aromatic rings. The summed E-state index contributed by atoms with van der Waals surface area (Å²) < 4.78 is 0. The smallest absolute Gasteiger partial charge is 0.106 e. The minimum Gasteiger partial charge on any atom is -0.389 e. The van der Waals surface area contributed by atoms with Crippen molar-refractivity contribution in [1.29, 1.82) is 0 Å². The number of benzene rings is 1. The first-order chi connectivity index (χ1) is 8.68. The number of aromatic nitrogens is 1. The van der Waals surface area contributed by atoms with Gasteiger partial charge in [-0.1, -0.05) is 42.5 Å². The minimum absolute atomic E-state index is 0.170. The molecule has 0 saturated carbocycles. The van der Waals surface area contributed by atoms with E-state index in [0.29, 0.717) is 4.99 Å². The molecule has 0 aliphatic carbocycles. The average molecular weight is 257 g/mol. The zero-order chi connectivity index (χ0) is 13.0. The van der Waals surface area contributed by atoms with E-state index in [4.69, 9.17) is 18.0 Å². The predicted molar refractivity (Wildman–Crippen MR) is 78.6 cm³/mol. The number of hydrogen-bond acceptors (Lipinski definition) is 3. The molecule has 0 saturated heterocycles. The molecule has 4 heteroatoms. The van der Waals surface area contributed by atoms with Crippen molar-refractivity contribution in [3.8, 4) is 0 Å². The minimum atomic E-state index is 0.170. The largest absolute Gasteiger partial charge is 0.389 e. The van der Waals surface area contributed by atoms with E-state index in [-0.39, 0.29) is 6.04 Å². The predicted octanol–water partition coefficient (Wildman–Crippen LogP) is 2.89. The maximum atomic E-state index is 5.69. The van der Waals surface area contributed by atoms with Crippen LogP contribution in [0.4, 0.5) is 5.69 Å². The van der Waals surface area contributed by atoms with E-state index in [0.717, 1.165) is 11.3 Å². The Morgan fingerprint density at radius 2 is 2.00 bits per heavy atom. The van der Waals surface area contributed by atoms with Crippen LogP contribution in [0.5, 0.6) is 0 Å². The third kappa shape index (κ3) is 2.84. The lowest BCUT2D eigenvalue weighted by atomic mass is 10.1. The molecule has 0 aliphatic heterocycles. The van der Waals surface area contributed by atoms with Crippen LogP contribution in [0, 0.1) is 0 Å². The van der Waals surface area contributed by atoms with Crippen LogP contribution in [0.15, 0.2) is 48.8 Å². The summed E-state index contributed by atoms with van der Waals surface area (Å²) in [5, 5.41) is 3.38. The molecule has 1 heterocycles. The van der Waals surface area contributed by atoms with Gasteiger partial charge in [0.1, 0.15) is 4.99 Å². The van der Waals surface area contributed by atoms with Gasteiger partial charge in [-0.15, -0.1) is 0 Å². The maximum absolute atomic E-state index is 5.69. The van der Waals surface area contributed by atoms with E-state index < -0.39 is 0 Å². The molecule has 1 atom stereocenters. The first-order valence-corrected chi connectivity index (χ1v) is 6.14. The molecule has 0 fully saturated rings. The molecule has 18 heavy (non-hydrogen) atoms. The van der Waals surface area contributed by atoms with Crippen molar-refractivity contribution < 1.29 is 0 Å². The van der Waals surface area contributed by atoms with Gasteiger partial charge in [0.2, 0.25) is 0 Å². The van der Waals surface area contributed by atoms with Crippen molar-refractivity contribution in [2.24, 2.45) is 5.73 Å². The van der Waals surface area contributed by atoms with Crippen molar-refractivity contribution >= 4 is 22.9 Å². The number of nitrogens with zero attached hydrogens (tertiary/aromatic N) is 1. The Morgan fingerprint density at radius 1 is 1.28 bits per heavy atom. The van der Waals surface area contributed by atoms with E-state index in [1.807, 2.05) is 24.3 Å². The second-order valence-electron chi connectivity index (χ2n) is 4.06. The number of anilines is 1. The summed E-state index contributed by atoms with van der Waals surface area (Å²) >= 11 is 5.03. The normalized spacial score (nSPS) is 11.8. The van der Waals surface area contributed by atoms with Crippen molar-refractivity contribution in [1.82, 2.24) is 4.98 Å². The van der Waals surface area contributed by atoms with Crippen LogP contribution in [0.2, 0.25) is 0 Å². The van der Waals surface area contributed by atoms with Crippen LogP contribution in [-0.4, -0.2) is 9.97 Å². The Bertz CT molecular complexity index is 540. The van der Waals surface area contributed by atoms with Gasteiger partial charge in [0.25, 0.3) is 0 Å². The van der Waals surface area contributed by atoms with E-state index in [1.165, 1.54) is 5.56 Å². The fourth-order valence-corrected chi connectivity index (χ4v) is 1.96. The molecular weight excluding hydrogens is 242 g/mol. The number of nitrogens with two attached hydrogens (primary N) is 1. The molecule has 1 aromatic carbocycles. The van der Waals surface area contributed by atoms with Gasteiger partial charge in [-0.05, 0) is 18.6 Å². The molecule has 92 valence electrons. The van der Waals surface area contributed by atoms with Crippen LogP contribution in [0.25, 0.3) is 0 Å². The van der Waals surface area contributed by atoms with E-state index >= 15 is 0 Å². The Kier molecular flexibility index (Phi) is 3.89. The van der Waals surface area contributed by atoms with E-state index in [2.05, 4.69) is 29.4 Å². The van der Waals surface area contributed by atoms with Gasteiger partial charge in [0, 0.05) is 17.8 Å². The molecule has 3 N–H and O–H groups in total. The lowest BCUT2D eigenvalue weighted by Crippen LogP contribution is -2.15. The molecule has 1 aromatic heterocycles. The van der Waals surface area contributed by atoms with Gasteiger partial charge >= 0.3 is 0 Å². The van der Waals surface area contributed by atoms with E-state index in [1.54, 1.807) is 12.4 Å². The summed E-state index contributed by atoms with van der Waals surface area (Å²) in [6, 6.07) is 12.2. The average Bonchev–Trinajstić information content (AvgIpc) is 2.40. The SMILES string of the molecule is CC(Nc1cnccc1C(N)=S)c1ccccc1. The summed E-state index contributed by atoms with van der Waals surface area (Å²) in [4.78, 5) is 4.47. The third-order valence-electron chi connectivity index (χ3n) is 2.76. The standard InChI is InChI=1S/C14H15N3S/c1-10(11-5-3-2-4-6-11)17-13-9-16-8-7-12(13)14(15)18/h2-10,17H,1H3,(H2,15,18). The van der Waals surface area contributed by atoms with Crippen LogP contribution < -0.4 is 11.1 Å². The molecule has 0 bridgehead atoms. The van der Waals surface area contributed by atoms with Gasteiger partial charge in [0.15, 0.2) is 0 Å². The van der Waals surface area contributed by atoms with E-state index in [9.17, 15) is 0 Å². The topological polar surface area (TPSA) is 50.9 Å². The highest BCUT2D eigenvalue weighted by Crippen LogP contribution is 2.21. The molecule has 1 unspecified atom stereocenters. The fraction of sp³-hybridized carbons (Fsp3) is 0.143. The van der Waals surface area contributed by atoms with Crippen LogP contribution in [0.1, 0.15) is 24.1 Å². The van der Waals surface area contributed by atoms with Crippen LogP contribution in [0.3, 0.4) is 0 Å². The molecule has 0 spiro atoms. The molecule has 0 aliphatic rings. The molecule has 2 rings (SSSR count). The quantitative estimate of drug-likeness (QED) is 0.827. The van der Waals surface area contributed by atoms with Crippen LogP contribution >= 0.6 is 12.2 Å². The maximum Gasteiger partial charge on any atom is 0.106 e. The van der Waals surface area contributed by atoms with Crippen molar-refractivity contribution in [3.63, 3.8) is 0 Å². The first-order valence-electron chi connectivity index (χ1n) is 5.74. The van der Waals surface area contributed by atoms with Gasteiger partial charge in [-0.3, -0.25) is 4.98 Å². The number of rotatable bonds is 4. The summed E-state index contributed by atoms with van der Waals surface area (Å²) in [5.41, 5.74) is 8.58. The Hall–Kier alpha value is -1.94. The summed E-state index contributed by atoms with van der Waals surface area (Å²) in [7, 11) is 0. The number of hydrogen-bond donors (Lipinski definition) is 2. The highest BCUT2D eigenvalue weighted by molar-refractivity contribution is 7.80. The van der Waals surface area contributed by atoms with Crippen molar-refractivity contribution in [2.45, 2.75) is 13.0 Å². The van der Waals surface area contributed by atoms with Crippen molar-refractivity contribution in [2.75, 3.05) is 5.32 Å². The van der Waals surface area contributed by atoms with Gasteiger partial charge in [0.05, 0.1) is 11.9 Å². The number of thiocarbonyl (C=S) groups is 1. The number of pyridine rings is 1. The number of nitrogens with one attached hydrogen (secondary N) is 1.